The SMILES string of the molecule is CCO[Si](C[C@H]1C[C@]1(/C=C/c1ccccc1)C(=O)OC)(OCC)OCC. The number of ether oxygens (including phenoxy) is 1. The Morgan fingerprint density at radius 1 is 1.12 bits per heavy atom. The molecule has 0 amide bonds. The van der Waals surface area contributed by atoms with E-state index in [4.69, 9.17) is 18.0 Å². The van der Waals surface area contributed by atoms with Gasteiger partial charge in [0.1, 0.15) is 0 Å². The van der Waals surface area contributed by atoms with Crippen molar-refractivity contribution >= 4 is 20.8 Å². The van der Waals surface area contributed by atoms with Crippen LogP contribution in [-0.4, -0.2) is 41.7 Å². The topological polar surface area (TPSA) is 54.0 Å². The van der Waals surface area contributed by atoms with E-state index < -0.39 is 14.2 Å². The number of benzene rings is 1. The Hall–Kier alpha value is -1.47. The molecule has 26 heavy (non-hydrogen) atoms. The summed E-state index contributed by atoms with van der Waals surface area (Å²) in [5.41, 5.74) is 0.443. The van der Waals surface area contributed by atoms with Crippen LogP contribution >= 0.6 is 0 Å². The van der Waals surface area contributed by atoms with Crippen LogP contribution < -0.4 is 0 Å². The fourth-order valence-corrected chi connectivity index (χ4v) is 6.42. The van der Waals surface area contributed by atoms with Gasteiger partial charge in [-0.1, -0.05) is 42.5 Å². The third-order valence-electron chi connectivity index (χ3n) is 4.68. The number of hydrogen-bond donors (Lipinski definition) is 0. The van der Waals surface area contributed by atoms with Gasteiger partial charge in [0.05, 0.1) is 12.5 Å². The molecular formula is C20H30O5Si. The summed E-state index contributed by atoms with van der Waals surface area (Å²) < 4.78 is 22.9. The van der Waals surface area contributed by atoms with Crippen LogP contribution in [0.3, 0.4) is 0 Å². The van der Waals surface area contributed by atoms with E-state index in [1.807, 2.05) is 63.3 Å². The first-order valence-corrected chi connectivity index (χ1v) is 11.2. The van der Waals surface area contributed by atoms with Crippen LogP contribution in [0, 0.1) is 11.3 Å². The van der Waals surface area contributed by atoms with E-state index >= 15 is 0 Å². The minimum absolute atomic E-state index is 0.103. The molecule has 5 nitrogen and oxygen atoms in total. The molecule has 0 unspecified atom stereocenters. The average molecular weight is 379 g/mol. The standard InChI is InChI=1S/C20H30O5Si/c1-5-23-26(24-6-2,25-7-3)16-18-15-20(18,19(21)22-4)14-13-17-11-9-8-10-12-17/h8-14,18H,5-7,15-16H2,1-4H3/b14-13+/t18-,20+/m1/s1. The first kappa shape index (κ1) is 20.8. The summed E-state index contributed by atoms with van der Waals surface area (Å²) in [5, 5.41) is 0. The Morgan fingerprint density at radius 2 is 1.69 bits per heavy atom. The second-order valence-corrected chi connectivity index (χ2v) is 9.00. The van der Waals surface area contributed by atoms with Crippen molar-refractivity contribution in [3.63, 3.8) is 0 Å². The van der Waals surface area contributed by atoms with Crippen LogP contribution in [0.4, 0.5) is 0 Å². The molecular weight excluding hydrogens is 348 g/mol. The second kappa shape index (κ2) is 9.46. The van der Waals surface area contributed by atoms with Gasteiger partial charge in [-0.05, 0) is 38.7 Å². The van der Waals surface area contributed by atoms with Gasteiger partial charge in [-0.2, -0.15) is 0 Å². The maximum atomic E-state index is 12.5. The monoisotopic (exact) mass is 378 g/mol. The summed E-state index contributed by atoms with van der Waals surface area (Å²) in [4.78, 5) is 12.5. The molecule has 0 aliphatic heterocycles. The number of carbonyl (C=O) groups is 1. The van der Waals surface area contributed by atoms with Crippen molar-refractivity contribution in [1.29, 1.82) is 0 Å². The first-order chi connectivity index (χ1) is 12.6. The number of esters is 1. The van der Waals surface area contributed by atoms with E-state index in [9.17, 15) is 4.79 Å². The van der Waals surface area contributed by atoms with Crippen LogP contribution in [0.1, 0.15) is 32.8 Å². The maximum absolute atomic E-state index is 12.5. The molecule has 1 aromatic carbocycles. The van der Waals surface area contributed by atoms with Crippen LogP contribution in [0.15, 0.2) is 36.4 Å². The van der Waals surface area contributed by atoms with Gasteiger partial charge >= 0.3 is 14.8 Å². The molecule has 0 N–H and O–H groups in total. The van der Waals surface area contributed by atoms with Gasteiger partial charge in [0.25, 0.3) is 0 Å². The van der Waals surface area contributed by atoms with Gasteiger partial charge in [0, 0.05) is 25.9 Å². The molecule has 144 valence electrons. The molecule has 0 saturated heterocycles. The number of hydrogen-bond acceptors (Lipinski definition) is 5. The highest BCUT2D eigenvalue weighted by atomic mass is 28.4. The van der Waals surface area contributed by atoms with Crippen LogP contribution in [0.25, 0.3) is 6.08 Å². The van der Waals surface area contributed by atoms with E-state index in [-0.39, 0.29) is 11.9 Å². The highest BCUT2D eigenvalue weighted by Crippen LogP contribution is 2.58. The van der Waals surface area contributed by atoms with Crippen molar-refractivity contribution in [2.45, 2.75) is 33.2 Å². The lowest BCUT2D eigenvalue weighted by atomic mass is 10.0. The number of carbonyl (C=O) groups excluding carboxylic acids is 1. The van der Waals surface area contributed by atoms with Crippen molar-refractivity contribution in [3.8, 4) is 0 Å². The summed E-state index contributed by atoms with van der Waals surface area (Å²) in [5.74, 6) is -0.103. The molecule has 1 saturated carbocycles. The van der Waals surface area contributed by atoms with Crippen molar-refractivity contribution in [2.24, 2.45) is 11.3 Å². The highest BCUT2D eigenvalue weighted by Gasteiger charge is 2.63. The van der Waals surface area contributed by atoms with Crippen LogP contribution in [-0.2, 0) is 22.8 Å². The Balaban J connectivity index is 2.20. The zero-order chi connectivity index (χ0) is 19.0. The van der Waals surface area contributed by atoms with Crippen molar-refractivity contribution in [3.05, 3.63) is 42.0 Å². The molecule has 1 fully saturated rings. The summed E-state index contributed by atoms with van der Waals surface area (Å²) in [6, 6.07) is 10.6. The second-order valence-electron chi connectivity index (χ2n) is 6.36. The molecule has 0 radical (unpaired) electrons. The Morgan fingerprint density at radius 3 is 2.19 bits per heavy atom. The third-order valence-corrected chi connectivity index (χ3v) is 7.86. The molecule has 1 aliphatic rings. The lowest BCUT2D eigenvalue weighted by Crippen LogP contribution is -2.47. The zero-order valence-corrected chi connectivity index (χ0v) is 17.2. The predicted octanol–water partition coefficient (Wildman–Crippen LogP) is 3.93. The van der Waals surface area contributed by atoms with E-state index in [0.717, 1.165) is 12.0 Å². The Kier molecular flexibility index (Phi) is 7.58. The average Bonchev–Trinajstić information content (AvgIpc) is 3.34. The molecule has 2 atom stereocenters. The fourth-order valence-electron chi connectivity index (χ4n) is 3.39. The minimum Gasteiger partial charge on any atom is -0.468 e. The number of methoxy groups -OCH3 is 1. The van der Waals surface area contributed by atoms with Crippen molar-refractivity contribution in [2.75, 3.05) is 26.9 Å². The molecule has 1 aliphatic carbocycles. The highest BCUT2D eigenvalue weighted by molar-refractivity contribution is 6.60. The van der Waals surface area contributed by atoms with Gasteiger partial charge < -0.3 is 18.0 Å². The first-order valence-electron chi connectivity index (χ1n) is 9.30. The van der Waals surface area contributed by atoms with Gasteiger partial charge in [-0.3, -0.25) is 4.79 Å². The fraction of sp³-hybridized carbons (Fsp3) is 0.550. The van der Waals surface area contributed by atoms with Crippen LogP contribution in [0.2, 0.25) is 6.04 Å². The smallest absolute Gasteiger partial charge is 0.468 e. The lowest BCUT2D eigenvalue weighted by molar-refractivity contribution is -0.145. The van der Waals surface area contributed by atoms with Crippen molar-refractivity contribution in [1.82, 2.24) is 0 Å². The Labute approximate surface area is 157 Å². The van der Waals surface area contributed by atoms with Crippen molar-refractivity contribution < 1.29 is 22.8 Å². The molecule has 6 heteroatoms. The molecule has 2 rings (SSSR count). The Bertz CT molecular complexity index is 586. The van der Waals surface area contributed by atoms with Gasteiger partial charge in [-0.25, -0.2) is 0 Å². The largest absolute Gasteiger partial charge is 0.501 e. The van der Waals surface area contributed by atoms with Gasteiger partial charge in [-0.15, -0.1) is 0 Å². The molecule has 1 aromatic rings. The maximum Gasteiger partial charge on any atom is 0.501 e. The number of rotatable bonds is 11. The van der Waals surface area contributed by atoms with Gasteiger partial charge in [0.15, 0.2) is 0 Å². The van der Waals surface area contributed by atoms with E-state index in [1.165, 1.54) is 7.11 Å². The minimum atomic E-state index is -2.79. The molecule has 0 spiro atoms. The summed E-state index contributed by atoms with van der Waals surface area (Å²) >= 11 is 0. The van der Waals surface area contributed by atoms with E-state index in [2.05, 4.69) is 0 Å². The molecule has 0 bridgehead atoms. The summed E-state index contributed by atoms with van der Waals surface area (Å²) in [7, 11) is -1.35. The van der Waals surface area contributed by atoms with E-state index in [0.29, 0.717) is 25.9 Å². The molecule has 0 heterocycles. The zero-order valence-electron chi connectivity index (χ0n) is 16.2. The normalized spacial score (nSPS) is 22.5. The van der Waals surface area contributed by atoms with E-state index in [1.54, 1.807) is 0 Å². The predicted molar refractivity (Wildman–Crippen MR) is 103 cm³/mol. The van der Waals surface area contributed by atoms with Crippen LogP contribution in [0.5, 0.6) is 0 Å². The quantitative estimate of drug-likeness (QED) is 0.431. The third kappa shape index (κ3) is 4.82. The van der Waals surface area contributed by atoms with Gasteiger partial charge in [0.2, 0.25) is 0 Å². The molecule has 0 aromatic heterocycles. The summed E-state index contributed by atoms with van der Waals surface area (Å²) in [6.07, 6.45) is 4.69. The lowest BCUT2D eigenvalue weighted by Gasteiger charge is -2.29. The summed E-state index contributed by atoms with van der Waals surface area (Å²) in [6.45, 7) is 7.42.